The number of nitriles is 1. The highest BCUT2D eigenvalue weighted by atomic mass is 32.2. The lowest BCUT2D eigenvalue weighted by atomic mass is 9.98. The number of hydrogen-bond acceptors (Lipinski definition) is 7. The molecule has 2 aliphatic heterocycles. The number of nitrogens with zero attached hydrogens (tertiary/aromatic N) is 4. The second-order valence-electron chi connectivity index (χ2n) is 10.1. The number of para-hydroxylation sites is 2. The Morgan fingerprint density at radius 3 is 2.28 bits per heavy atom. The topological polar surface area (TPSA) is 123 Å². The third kappa shape index (κ3) is 5.21. The van der Waals surface area contributed by atoms with Gasteiger partial charge in [0.15, 0.2) is 0 Å². The zero-order valence-electron chi connectivity index (χ0n) is 22.1. The zero-order chi connectivity index (χ0) is 27.7. The number of carbonyl (C=O) groups is 1. The maximum atomic E-state index is 13.8. The van der Waals surface area contributed by atoms with Crippen molar-refractivity contribution < 1.29 is 13.2 Å². The first-order chi connectivity index (χ1) is 18.7. The molecule has 39 heavy (non-hydrogen) atoms. The van der Waals surface area contributed by atoms with Gasteiger partial charge in [-0.3, -0.25) is 4.79 Å². The number of nitrogens with one attached hydrogen (secondary N) is 1. The van der Waals surface area contributed by atoms with E-state index < -0.39 is 10.0 Å². The SMILES string of the molecule is Cc1cc(C)c(N(c2ccccc2C#N)C2CNC2)cc1C(=O)N1CCN(c2ccccc2S(N)(=O)=O)CC1. The average molecular weight is 545 g/mol. The number of hydrogen-bond donors (Lipinski definition) is 2. The van der Waals surface area contributed by atoms with Crippen molar-refractivity contribution in [3.05, 3.63) is 82.9 Å². The minimum Gasteiger partial charge on any atom is -0.367 e. The summed E-state index contributed by atoms with van der Waals surface area (Å²) in [5, 5.41) is 18.5. The standard InChI is InChI=1S/C29H32N6O3S/c1-20-15-21(2)27(35(23-18-32-19-23)25-8-4-3-7-22(25)17-30)16-24(20)29(36)34-13-11-33(12-14-34)26-9-5-6-10-28(26)39(31,37)38/h3-10,15-16,23,32H,11-14,18-19H2,1-2H3,(H2,31,37,38). The van der Waals surface area contributed by atoms with E-state index in [0.29, 0.717) is 43.0 Å². The summed E-state index contributed by atoms with van der Waals surface area (Å²) >= 11 is 0. The Morgan fingerprint density at radius 1 is 0.974 bits per heavy atom. The molecule has 3 aromatic rings. The molecule has 0 atom stereocenters. The fraction of sp³-hybridized carbons (Fsp3) is 0.310. The van der Waals surface area contributed by atoms with Gasteiger partial charge in [0.05, 0.1) is 23.0 Å². The van der Waals surface area contributed by atoms with Gasteiger partial charge in [-0.15, -0.1) is 0 Å². The minimum atomic E-state index is -3.86. The van der Waals surface area contributed by atoms with E-state index in [0.717, 1.165) is 35.6 Å². The molecule has 0 radical (unpaired) electrons. The monoisotopic (exact) mass is 544 g/mol. The van der Waals surface area contributed by atoms with Crippen LogP contribution in [-0.2, 0) is 10.0 Å². The van der Waals surface area contributed by atoms with E-state index in [1.54, 1.807) is 18.2 Å². The summed E-state index contributed by atoms with van der Waals surface area (Å²) < 4.78 is 24.2. The summed E-state index contributed by atoms with van der Waals surface area (Å²) in [4.78, 5) is 19.8. The van der Waals surface area contributed by atoms with Gasteiger partial charge in [-0.25, -0.2) is 13.6 Å². The molecule has 5 rings (SSSR count). The van der Waals surface area contributed by atoms with E-state index in [1.807, 2.05) is 60.0 Å². The third-order valence-corrected chi connectivity index (χ3v) is 8.48. The highest BCUT2D eigenvalue weighted by Gasteiger charge is 2.31. The summed E-state index contributed by atoms with van der Waals surface area (Å²) in [6.45, 7) is 7.45. The molecule has 2 heterocycles. The van der Waals surface area contributed by atoms with E-state index in [4.69, 9.17) is 5.14 Å². The Labute approximate surface area is 229 Å². The highest BCUT2D eigenvalue weighted by molar-refractivity contribution is 7.89. The Hall–Kier alpha value is -3.91. The Kier molecular flexibility index (Phi) is 7.32. The molecule has 0 saturated carbocycles. The summed E-state index contributed by atoms with van der Waals surface area (Å²) in [6, 6.07) is 20.7. The van der Waals surface area contributed by atoms with Crippen molar-refractivity contribution in [2.24, 2.45) is 5.14 Å². The third-order valence-electron chi connectivity index (χ3n) is 7.52. The predicted octanol–water partition coefficient (Wildman–Crippen LogP) is 2.89. The predicted molar refractivity (Wildman–Crippen MR) is 152 cm³/mol. The van der Waals surface area contributed by atoms with Crippen LogP contribution in [0, 0.1) is 25.2 Å². The summed E-state index contributed by atoms with van der Waals surface area (Å²) in [7, 11) is -3.86. The van der Waals surface area contributed by atoms with Crippen molar-refractivity contribution in [2.45, 2.75) is 24.8 Å². The lowest BCUT2D eigenvalue weighted by Crippen LogP contribution is -2.56. The second-order valence-corrected chi connectivity index (χ2v) is 11.6. The number of rotatable bonds is 6. The zero-order valence-corrected chi connectivity index (χ0v) is 22.9. The first-order valence-electron chi connectivity index (χ1n) is 13.0. The highest BCUT2D eigenvalue weighted by Crippen LogP contribution is 2.36. The Morgan fingerprint density at radius 2 is 1.64 bits per heavy atom. The fourth-order valence-corrected chi connectivity index (χ4v) is 6.12. The fourth-order valence-electron chi connectivity index (χ4n) is 5.37. The minimum absolute atomic E-state index is 0.0617. The van der Waals surface area contributed by atoms with E-state index in [-0.39, 0.29) is 16.8 Å². The number of nitrogens with two attached hydrogens (primary N) is 1. The van der Waals surface area contributed by atoms with Crippen molar-refractivity contribution in [1.29, 1.82) is 5.26 Å². The molecule has 202 valence electrons. The normalized spacial score (nSPS) is 15.9. The van der Waals surface area contributed by atoms with Gasteiger partial charge in [-0.05, 0) is 55.3 Å². The number of piperazine rings is 1. The van der Waals surface area contributed by atoms with Crippen LogP contribution in [0.3, 0.4) is 0 Å². The van der Waals surface area contributed by atoms with Gasteiger partial charge in [0.2, 0.25) is 10.0 Å². The average Bonchev–Trinajstić information content (AvgIpc) is 2.90. The van der Waals surface area contributed by atoms with Crippen molar-refractivity contribution in [3.8, 4) is 6.07 Å². The number of amides is 1. The van der Waals surface area contributed by atoms with Gasteiger partial charge in [0.25, 0.3) is 5.91 Å². The quantitative estimate of drug-likeness (QED) is 0.489. The number of aryl methyl sites for hydroxylation is 2. The summed E-state index contributed by atoms with van der Waals surface area (Å²) in [6.07, 6.45) is 0. The van der Waals surface area contributed by atoms with Crippen LogP contribution in [0.4, 0.5) is 17.1 Å². The molecule has 1 amide bonds. The molecule has 0 aliphatic carbocycles. The molecule has 0 spiro atoms. The molecule has 2 fully saturated rings. The van der Waals surface area contributed by atoms with E-state index in [1.165, 1.54) is 6.07 Å². The lowest BCUT2D eigenvalue weighted by Gasteiger charge is -2.41. The number of anilines is 3. The van der Waals surface area contributed by atoms with Crippen molar-refractivity contribution >= 4 is 33.0 Å². The first-order valence-corrected chi connectivity index (χ1v) is 14.5. The Balaban J connectivity index is 1.42. The second kappa shape index (κ2) is 10.7. The van der Waals surface area contributed by atoms with Crippen LogP contribution in [0.15, 0.2) is 65.6 Å². The van der Waals surface area contributed by atoms with Gasteiger partial charge in [0.1, 0.15) is 11.0 Å². The van der Waals surface area contributed by atoms with E-state index >= 15 is 0 Å². The molecular formula is C29H32N6O3S. The van der Waals surface area contributed by atoms with Crippen LogP contribution in [-0.4, -0.2) is 64.5 Å². The van der Waals surface area contributed by atoms with Crippen LogP contribution >= 0.6 is 0 Å². The van der Waals surface area contributed by atoms with E-state index in [9.17, 15) is 18.5 Å². The molecular weight excluding hydrogens is 512 g/mol. The summed E-state index contributed by atoms with van der Waals surface area (Å²) in [5.74, 6) is -0.0617. The largest absolute Gasteiger partial charge is 0.367 e. The number of carbonyl (C=O) groups excluding carboxylic acids is 1. The molecule has 2 aliphatic rings. The molecule has 10 heteroatoms. The van der Waals surface area contributed by atoms with Gasteiger partial charge in [0, 0.05) is 50.5 Å². The van der Waals surface area contributed by atoms with Crippen LogP contribution in [0.2, 0.25) is 0 Å². The molecule has 0 bridgehead atoms. The van der Waals surface area contributed by atoms with Crippen molar-refractivity contribution in [1.82, 2.24) is 10.2 Å². The number of benzene rings is 3. The Bertz CT molecular complexity index is 1550. The summed E-state index contributed by atoms with van der Waals surface area (Å²) in [5.41, 5.74) is 5.45. The van der Waals surface area contributed by atoms with Crippen LogP contribution in [0.5, 0.6) is 0 Å². The van der Waals surface area contributed by atoms with Gasteiger partial charge in [-0.2, -0.15) is 5.26 Å². The molecule has 3 N–H and O–H groups in total. The van der Waals surface area contributed by atoms with Crippen LogP contribution in [0.25, 0.3) is 0 Å². The molecule has 0 unspecified atom stereocenters. The lowest BCUT2D eigenvalue weighted by molar-refractivity contribution is 0.0746. The molecule has 3 aromatic carbocycles. The van der Waals surface area contributed by atoms with Crippen molar-refractivity contribution in [2.75, 3.05) is 49.1 Å². The smallest absolute Gasteiger partial charge is 0.254 e. The maximum absolute atomic E-state index is 13.8. The van der Waals surface area contributed by atoms with Gasteiger partial charge in [-0.1, -0.05) is 30.3 Å². The number of sulfonamides is 1. The first kappa shape index (κ1) is 26.7. The maximum Gasteiger partial charge on any atom is 0.254 e. The molecule has 2 saturated heterocycles. The molecule has 0 aromatic heterocycles. The van der Waals surface area contributed by atoms with Gasteiger partial charge >= 0.3 is 0 Å². The van der Waals surface area contributed by atoms with E-state index in [2.05, 4.69) is 16.3 Å². The van der Waals surface area contributed by atoms with Crippen LogP contribution < -0.4 is 20.3 Å². The van der Waals surface area contributed by atoms with Gasteiger partial charge < -0.3 is 20.0 Å². The van der Waals surface area contributed by atoms with Crippen LogP contribution in [0.1, 0.15) is 27.0 Å². The number of primary sulfonamides is 1. The molecule has 9 nitrogen and oxygen atoms in total. The van der Waals surface area contributed by atoms with Crippen molar-refractivity contribution in [3.63, 3.8) is 0 Å².